The molecule has 0 saturated heterocycles. The summed E-state index contributed by atoms with van der Waals surface area (Å²) in [6, 6.07) is 24.6. The van der Waals surface area contributed by atoms with Gasteiger partial charge < -0.3 is 5.32 Å². The first-order valence-corrected chi connectivity index (χ1v) is 7.60. The monoisotopic (exact) mass is 289 g/mol. The molecule has 3 aromatic carbocycles. The van der Waals surface area contributed by atoms with Crippen molar-refractivity contribution in [3.63, 3.8) is 0 Å². The van der Waals surface area contributed by atoms with E-state index in [1.807, 2.05) is 36.4 Å². The second-order valence-corrected chi connectivity index (χ2v) is 5.40. The summed E-state index contributed by atoms with van der Waals surface area (Å²) in [5.41, 5.74) is 2.36. The van der Waals surface area contributed by atoms with Crippen LogP contribution in [0.5, 0.6) is 0 Å². The average Bonchev–Trinajstić information content (AvgIpc) is 2.59. The Hall–Kier alpha value is -2.61. The molecule has 0 aliphatic carbocycles. The van der Waals surface area contributed by atoms with Crippen LogP contribution in [0, 0.1) is 0 Å². The molecule has 3 rings (SSSR count). The van der Waals surface area contributed by atoms with Crippen LogP contribution in [0.15, 0.2) is 72.8 Å². The van der Waals surface area contributed by atoms with E-state index in [9.17, 15) is 4.79 Å². The van der Waals surface area contributed by atoms with Crippen LogP contribution in [0.3, 0.4) is 0 Å². The molecule has 0 spiro atoms. The number of aryl methyl sites for hydroxylation is 1. The molecular formula is C20H19NO. The number of hydrogen-bond acceptors (Lipinski definition) is 1. The zero-order valence-corrected chi connectivity index (χ0v) is 12.5. The van der Waals surface area contributed by atoms with Crippen molar-refractivity contribution in [3.05, 3.63) is 83.9 Å². The highest BCUT2D eigenvalue weighted by molar-refractivity contribution is 5.86. The summed E-state index contributed by atoms with van der Waals surface area (Å²) in [6.07, 6.45) is 1.30. The predicted octanol–water partition coefficient (Wildman–Crippen LogP) is 4.09. The van der Waals surface area contributed by atoms with E-state index in [1.165, 1.54) is 16.3 Å². The normalized spacial score (nSPS) is 10.5. The molecule has 0 aliphatic heterocycles. The first kappa shape index (κ1) is 14.3. The van der Waals surface area contributed by atoms with Crippen LogP contribution >= 0.6 is 0 Å². The SMILES string of the molecule is O=C(CCc1ccccc1)NCc1cccc2ccccc12. The van der Waals surface area contributed by atoms with Crippen molar-refractivity contribution in [1.82, 2.24) is 5.32 Å². The van der Waals surface area contributed by atoms with Gasteiger partial charge in [-0.15, -0.1) is 0 Å². The molecule has 0 radical (unpaired) electrons. The Morgan fingerprint density at radius 3 is 2.41 bits per heavy atom. The molecule has 0 unspecified atom stereocenters. The van der Waals surface area contributed by atoms with Crippen molar-refractivity contribution in [1.29, 1.82) is 0 Å². The van der Waals surface area contributed by atoms with Crippen molar-refractivity contribution < 1.29 is 4.79 Å². The molecule has 0 bridgehead atoms. The molecule has 110 valence electrons. The van der Waals surface area contributed by atoms with Crippen molar-refractivity contribution in [3.8, 4) is 0 Å². The minimum absolute atomic E-state index is 0.0942. The summed E-state index contributed by atoms with van der Waals surface area (Å²) in [5.74, 6) is 0.0942. The molecule has 0 atom stereocenters. The van der Waals surface area contributed by atoms with Gasteiger partial charge in [0.15, 0.2) is 0 Å². The van der Waals surface area contributed by atoms with Gasteiger partial charge in [0.2, 0.25) is 5.91 Å². The van der Waals surface area contributed by atoms with Gasteiger partial charge in [-0.05, 0) is 28.3 Å². The molecular weight excluding hydrogens is 270 g/mol. The Labute approximate surface area is 130 Å². The van der Waals surface area contributed by atoms with E-state index in [1.54, 1.807) is 0 Å². The summed E-state index contributed by atoms with van der Waals surface area (Å²) in [7, 11) is 0. The fourth-order valence-electron chi connectivity index (χ4n) is 2.63. The molecule has 22 heavy (non-hydrogen) atoms. The van der Waals surface area contributed by atoms with Crippen LogP contribution in [0.25, 0.3) is 10.8 Å². The van der Waals surface area contributed by atoms with Crippen LogP contribution < -0.4 is 5.32 Å². The Morgan fingerprint density at radius 1 is 0.818 bits per heavy atom. The minimum Gasteiger partial charge on any atom is -0.352 e. The van der Waals surface area contributed by atoms with Crippen molar-refractivity contribution in [2.75, 3.05) is 0 Å². The highest BCUT2D eigenvalue weighted by Crippen LogP contribution is 2.18. The number of amides is 1. The van der Waals surface area contributed by atoms with E-state index in [4.69, 9.17) is 0 Å². The summed E-state index contributed by atoms with van der Waals surface area (Å²) < 4.78 is 0. The second-order valence-electron chi connectivity index (χ2n) is 5.40. The third-order valence-corrected chi connectivity index (χ3v) is 3.84. The van der Waals surface area contributed by atoms with Gasteiger partial charge in [0.05, 0.1) is 0 Å². The number of hydrogen-bond donors (Lipinski definition) is 1. The fourth-order valence-corrected chi connectivity index (χ4v) is 2.63. The Balaban J connectivity index is 1.58. The highest BCUT2D eigenvalue weighted by atomic mass is 16.1. The van der Waals surface area contributed by atoms with E-state index in [-0.39, 0.29) is 5.91 Å². The van der Waals surface area contributed by atoms with Gasteiger partial charge in [-0.2, -0.15) is 0 Å². The molecule has 0 heterocycles. The van der Waals surface area contributed by atoms with E-state index < -0.39 is 0 Å². The summed E-state index contributed by atoms with van der Waals surface area (Å²) in [4.78, 5) is 12.0. The Kier molecular flexibility index (Phi) is 4.50. The van der Waals surface area contributed by atoms with Crippen LogP contribution in [-0.4, -0.2) is 5.91 Å². The number of nitrogens with one attached hydrogen (secondary N) is 1. The Morgan fingerprint density at radius 2 is 1.55 bits per heavy atom. The van der Waals surface area contributed by atoms with Gasteiger partial charge in [0, 0.05) is 13.0 Å². The maximum atomic E-state index is 12.0. The zero-order chi connectivity index (χ0) is 15.2. The van der Waals surface area contributed by atoms with Gasteiger partial charge in [-0.25, -0.2) is 0 Å². The molecule has 0 fully saturated rings. The third kappa shape index (κ3) is 3.53. The zero-order valence-electron chi connectivity index (χ0n) is 12.5. The quantitative estimate of drug-likeness (QED) is 0.753. The molecule has 2 nitrogen and oxygen atoms in total. The predicted molar refractivity (Wildman–Crippen MR) is 90.6 cm³/mol. The lowest BCUT2D eigenvalue weighted by Gasteiger charge is -2.08. The van der Waals surface area contributed by atoms with E-state index >= 15 is 0 Å². The smallest absolute Gasteiger partial charge is 0.220 e. The molecule has 1 N–H and O–H groups in total. The van der Waals surface area contributed by atoms with Gasteiger partial charge in [0.25, 0.3) is 0 Å². The maximum absolute atomic E-state index is 12.0. The lowest BCUT2D eigenvalue weighted by Crippen LogP contribution is -2.23. The topological polar surface area (TPSA) is 29.1 Å². The summed E-state index contributed by atoms with van der Waals surface area (Å²) in [5, 5.41) is 5.43. The largest absolute Gasteiger partial charge is 0.352 e. The van der Waals surface area contributed by atoms with Gasteiger partial charge in [-0.3, -0.25) is 4.79 Å². The third-order valence-electron chi connectivity index (χ3n) is 3.84. The lowest BCUT2D eigenvalue weighted by molar-refractivity contribution is -0.121. The van der Waals surface area contributed by atoms with Crippen LogP contribution in [0.1, 0.15) is 17.5 Å². The first-order valence-electron chi connectivity index (χ1n) is 7.60. The number of benzene rings is 3. The molecule has 2 heteroatoms. The summed E-state index contributed by atoms with van der Waals surface area (Å²) in [6.45, 7) is 0.578. The van der Waals surface area contributed by atoms with Crippen molar-refractivity contribution >= 4 is 16.7 Å². The molecule has 0 aliphatic rings. The van der Waals surface area contributed by atoms with Gasteiger partial charge in [0.1, 0.15) is 0 Å². The minimum atomic E-state index is 0.0942. The lowest BCUT2D eigenvalue weighted by atomic mass is 10.0. The number of fused-ring (bicyclic) bond motifs is 1. The number of rotatable bonds is 5. The standard InChI is InChI=1S/C20H19NO/c22-20(14-13-16-7-2-1-3-8-16)21-15-18-11-6-10-17-9-4-5-12-19(17)18/h1-12H,13-15H2,(H,21,22). The highest BCUT2D eigenvalue weighted by Gasteiger charge is 2.04. The molecule has 1 amide bonds. The van der Waals surface area contributed by atoms with Crippen LogP contribution in [-0.2, 0) is 17.8 Å². The number of carbonyl (C=O) groups excluding carboxylic acids is 1. The second kappa shape index (κ2) is 6.90. The van der Waals surface area contributed by atoms with Crippen molar-refractivity contribution in [2.24, 2.45) is 0 Å². The summed E-state index contributed by atoms with van der Waals surface area (Å²) >= 11 is 0. The average molecular weight is 289 g/mol. The number of carbonyl (C=O) groups is 1. The Bertz CT molecular complexity index is 760. The van der Waals surface area contributed by atoms with Crippen LogP contribution in [0.4, 0.5) is 0 Å². The van der Waals surface area contributed by atoms with Gasteiger partial charge >= 0.3 is 0 Å². The van der Waals surface area contributed by atoms with Crippen molar-refractivity contribution in [2.45, 2.75) is 19.4 Å². The van der Waals surface area contributed by atoms with E-state index in [2.05, 4.69) is 41.7 Å². The van der Waals surface area contributed by atoms with Crippen LogP contribution in [0.2, 0.25) is 0 Å². The first-order chi connectivity index (χ1) is 10.8. The molecule has 0 saturated carbocycles. The fraction of sp³-hybridized carbons (Fsp3) is 0.150. The van der Waals surface area contributed by atoms with E-state index in [0.29, 0.717) is 13.0 Å². The maximum Gasteiger partial charge on any atom is 0.220 e. The molecule has 3 aromatic rings. The van der Waals surface area contributed by atoms with Gasteiger partial charge in [-0.1, -0.05) is 72.8 Å². The molecule has 0 aromatic heterocycles. The van der Waals surface area contributed by atoms with E-state index in [0.717, 1.165) is 12.0 Å².